The van der Waals surface area contributed by atoms with E-state index in [-0.39, 0.29) is 17.9 Å². The third-order valence-electron chi connectivity index (χ3n) is 7.73. The zero-order chi connectivity index (χ0) is 27.3. The van der Waals surface area contributed by atoms with Gasteiger partial charge in [-0.05, 0) is 67.8 Å². The number of aromatic amines is 1. The van der Waals surface area contributed by atoms with Crippen molar-refractivity contribution in [2.24, 2.45) is 0 Å². The van der Waals surface area contributed by atoms with Crippen LogP contribution in [0.15, 0.2) is 66.7 Å². The molecule has 0 unspecified atom stereocenters. The molecule has 0 radical (unpaired) electrons. The summed E-state index contributed by atoms with van der Waals surface area (Å²) in [5.41, 5.74) is 2.91. The highest BCUT2D eigenvalue weighted by Gasteiger charge is 2.60. The maximum atomic E-state index is 14.1. The first-order chi connectivity index (χ1) is 18.9. The number of rotatable bonds is 7. The summed E-state index contributed by atoms with van der Waals surface area (Å²) in [6, 6.07) is 20.5. The van der Waals surface area contributed by atoms with Crippen LogP contribution in [0.2, 0.25) is 5.02 Å². The number of aromatic nitrogens is 1. The van der Waals surface area contributed by atoms with E-state index in [1.165, 1.54) is 4.90 Å². The first kappa shape index (κ1) is 25.3. The molecule has 3 heterocycles. The molecule has 39 heavy (non-hydrogen) atoms. The van der Waals surface area contributed by atoms with Gasteiger partial charge in [-0.25, -0.2) is 9.69 Å². The summed E-state index contributed by atoms with van der Waals surface area (Å²) in [7, 11) is 0. The standard InChI is InChI=1S/C31H30ClN3O4/c1-4-15-39-25-14-13-19(16-26(25)38-5-2)23-18-34-30(37)35(21-10-8-9-20(32)17-21)29(36)31(34,3)28-27(23)22-11-6-7-12-24(22)33-28/h6-14,16-17,23,33H,4-5,15,18H2,1-3H3/t23-,31-/m0/s1. The highest BCUT2D eigenvalue weighted by atomic mass is 35.5. The molecule has 8 heteroatoms. The van der Waals surface area contributed by atoms with Gasteiger partial charge in [0.15, 0.2) is 17.0 Å². The Kier molecular flexibility index (Phi) is 6.26. The third kappa shape index (κ3) is 3.87. The van der Waals surface area contributed by atoms with E-state index in [1.807, 2.05) is 50.2 Å². The number of fused-ring (bicyclic) bond motifs is 5. The van der Waals surface area contributed by atoms with Crippen molar-refractivity contribution in [1.82, 2.24) is 9.88 Å². The Labute approximate surface area is 232 Å². The molecule has 1 fully saturated rings. The number of ether oxygens (including phenoxy) is 2. The number of urea groups is 1. The number of amides is 3. The number of carbonyl (C=O) groups excluding carboxylic acids is 2. The molecule has 7 nitrogen and oxygen atoms in total. The van der Waals surface area contributed by atoms with E-state index in [2.05, 4.69) is 18.0 Å². The molecule has 2 aliphatic heterocycles. The van der Waals surface area contributed by atoms with Crippen LogP contribution in [-0.2, 0) is 10.3 Å². The molecule has 0 spiro atoms. The summed E-state index contributed by atoms with van der Waals surface area (Å²) in [6.45, 7) is 7.26. The predicted octanol–water partition coefficient (Wildman–Crippen LogP) is 6.84. The number of halogens is 1. The molecule has 0 aliphatic carbocycles. The number of para-hydroxylation sites is 1. The van der Waals surface area contributed by atoms with Gasteiger partial charge in [0.1, 0.15) is 0 Å². The lowest BCUT2D eigenvalue weighted by Gasteiger charge is -2.40. The minimum absolute atomic E-state index is 0.195. The zero-order valence-electron chi connectivity index (χ0n) is 22.2. The predicted molar refractivity (Wildman–Crippen MR) is 152 cm³/mol. The number of hydrogen-bond donors (Lipinski definition) is 1. The minimum atomic E-state index is -1.20. The maximum absolute atomic E-state index is 14.1. The van der Waals surface area contributed by atoms with Crippen LogP contribution in [0.3, 0.4) is 0 Å². The van der Waals surface area contributed by atoms with Gasteiger partial charge in [0.25, 0.3) is 5.91 Å². The zero-order valence-corrected chi connectivity index (χ0v) is 22.9. The lowest BCUT2D eigenvalue weighted by atomic mass is 9.78. The van der Waals surface area contributed by atoms with Gasteiger partial charge < -0.3 is 19.4 Å². The highest BCUT2D eigenvalue weighted by molar-refractivity contribution is 6.31. The summed E-state index contributed by atoms with van der Waals surface area (Å²) >= 11 is 6.24. The minimum Gasteiger partial charge on any atom is -0.490 e. The van der Waals surface area contributed by atoms with Crippen molar-refractivity contribution in [2.45, 2.75) is 38.6 Å². The summed E-state index contributed by atoms with van der Waals surface area (Å²) in [5, 5.41) is 1.49. The summed E-state index contributed by atoms with van der Waals surface area (Å²) in [5.74, 6) is 0.864. The van der Waals surface area contributed by atoms with E-state index < -0.39 is 5.54 Å². The van der Waals surface area contributed by atoms with Crippen LogP contribution in [0.5, 0.6) is 11.5 Å². The number of H-pyrrole nitrogens is 1. The molecule has 2 aliphatic rings. The smallest absolute Gasteiger partial charge is 0.332 e. The largest absolute Gasteiger partial charge is 0.490 e. The fraction of sp³-hybridized carbons (Fsp3) is 0.290. The third-order valence-corrected chi connectivity index (χ3v) is 7.96. The van der Waals surface area contributed by atoms with Crippen LogP contribution >= 0.6 is 11.6 Å². The van der Waals surface area contributed by atoms with Gasteiger partial charge in [-0.3, -0.25) is 4.79 Å². The van der Waals surface area contributed by atoms with Gasteiger partial charge in [0.2, 0.25) is 0 Å². The molecule has 0 bridgehead atoms. The van der Waals surface area contributed by atoms with Crippen molar-refractivity contribution in [3.05, 3.63) is 88.6 Å². The number of imide groups is 1. The van der Waals surface area contributed by atoms with Gasteiger partial charge >= 0.3 is 6.03 Å². The molecule has 4 aromatic rings. The Balaban J connectivity index is 1.52. The summed E-state index contributed by atoms with van der Waals surface area (Å²) < 4.78 is 11.9. The van der Waals surface area contributed by atoms with E-state index >= 15 is 0 Å². The van der Waals surface area contributed by atoms with Crippen molar-refractivity contribution in [3.63, 3.8) is 0 Å². The lowest BCUT2D eigenvalue weighted by Crippen LogP contribution is -2.50. The van der Waals surface area contributed by atoms with Crippen molar-refractivity contribution < 1.29 is 19.1 Å². The maximum Gasteiger partial charge on any atom is 0.332 e. The van der Waals surface area contributed by atoms with Crippen LogP contribution in [0.25, 0.3) is 10.9 Å². The molecule has 1 N–H and O–H groups in total. The summed E-state index contributed by atoms with van der Waals surface area (Å²) in [6.07, 6.45) is 0.890. The van der Waals surface area contributed by atoms with E-state index in [1.54, 1.807) is 29.2 Å². The lowest BCUT2D eigenvalue weighted by molar-refractivity contribution is -0.125. The molecule has 1 saturated heterocycles. The van der Waals surface area contributed by atoms with Gasteiger partial charge in [-0.15, -0.1) is 0 Å². The van der Waals surface area contributed by atoms with Crippen LogP contribution < -0.4 is 14.4 Å². The number of nitrogens with one attached hydrogen (secondary N) is 1. The van der Waals surface area contributed by atoms with Crippen molar-refractivity contribution in [2.75, 3.05) is 24.7 Å². The molecular formula is C31H30ClN3O4. The van der Waals surface area contributed by atoms with Crippen LogP contribution in [0.1, 0.15) is 49.9 Å². The fourth-order valence-corrected chi connectivity index (χ4v) is 6.06. The molecule has 2 atom stereocenters. The van der Waals surface area contributed by atoms with E-state index in [9.17, 15) is 9.59 Å². The molecule has 3 aromatic carbocycles. The van der Waals surface area contributed by atoms with Gasteiger partial charge in [0, 0.05) is 28.4 Å². The SMILES string of the molecule is CCCOc1ccc([C@@H]2CN3C(=O)N(c4cccc(Cl)c4)C(=O)[C@]3(C)c3[nH]c4ccccc4c32)cc1OCC. The average molecular weight is 544 g/mol. The molecule has 0 saturated carbocycles. The summed E-state index contributed by atoms with van der Waals surface area (Å²) in [4.78, 5) is 34.5. The molecule has 3 amide bonds. The second-order valence-corrected chi connectivity index (χ2v) is 10.5. The number of nitrogens with zero attached hydrogens (tertiary/aromatic N) is 2. The molecule has 6 rings (SSSR count). The number of carbonyl (C=O) groups is 2. The number of hydrogen-bond acceptors (Lipinski definition) is 4. The topological polar surface area (TPSA) is 74.9 Å². The average Bonchev–Trinajstić information content (AvgIpc) is 3.42. The first-order valence-corrected chi connectivity index (χ1v) is 13.7. The molecule has 1 aromatic heterocycles. The van der Waals surface area contributed by atoms with Gasteiger partial charge in [0.05, 0.1) is 24.6 Å². The van der Waals surface area contributed by atoms with E-state index in [0.717, 1.165) is 34.1 Å². The Hall–Kier alpha value is -3.97. The van der Waals surface area contributed by atoms with Crippen LogP contribution in [-0.4, -0.2) is 41.6 Å². The highest BCUT2D eigenvalue weighted by Crippen LogP contribution is 2.51. The quantitative estimate of drug-likeness (QED) is 0.259. The van der Waals surface area contributed by atoms with Gasteiger partial charge in [-0.1, -0.05) is 48.9 Å². The van der Waals surface area contributed by atoms with Crippen LogP contribution in [0.4, 0.5) is 10.5 Å². The van der Waals surface area contributed by atoms with Crippen molar-refractivity contribution >= 4 is 40.1 Å². The Morgan fingerprint density at radius 3 is 2.59 bits per heavy atom. The Morgan fingerprint density at radius 1 is 1.00 bits per heavy atom. The Morgan fingerprint density at radius 2 is 1.82 bits per heavy atom. The second-order valence-electron chi connectivity index (χ2n) is 10.1. The van der Waals surface area contributed by atoms with E-state index in [4.69, 9.17) is 21.1 Å². The van der Waals surface area contributed by atoms with Crippen molar-refractivity contribution in [1.29, 1.82) is 0 Å². The van der Waals surface area contributed by atoms with E-state index in [0.29, 0.717) is 42.0 Å². The molecule has 200 valence electrons. The second kappa shape index (κ2) is 9.65. The van der Waals surface area contributed by atoms with Crippen molar-refractivity contribution in [3.8, 4) is 11.5 Å². The number of anilines is 1. The monoisotopic (exact) mass is 543 g/mol. The fourth-order valence-electron chi connectivity index (χ4n) is 5.87. The normalized spacial score (nSPS) is 20.4. The number of benzene rings is 3. The van der Waals surface area contributed by atoms with Gasteiger partial charge in [-0.2, -0.15) is 0 Å². The molecular weight excluding hydrogens is 514 g/mol. The van der Waals surface area contributed by atoms with Crippen LogP contribution in [0, 0.1) is 0 Å². The Bertz CT molecular complexity index is 1600. The first-order valence-electron chi connectivity index (χ1n) is 13.3.